The summed E-state index contributed by atoms with van der Waals surface area (Å²) >= 11 is 0. The Hall–Kier alpha value is -0.905. The van der Waals surface area contributed by atoms with E-state index in [9.17, 15) is 0 Å². The van der Waals surface area contributed by atoms with Gasteiger partial charge in [0.1, 0.15) is 0 Å². The van der Waals surface area contributed by atoms with Gasteiger partial charge in [0, 0.05) is 29.4 Å². The molecule has 1 aromatic heterocycles. The average Bonchev–Trinajstić information content (AvgIpc) is 2.68. The van der Waals surface area contributed by atoms with Crippen LogP contribution in [0.2, 0.25) is 0 Å². The number of rotatable bonds is 2. The van der Waals surface area contributed by atoms with Crippen molar-refractivity contribution in [2.75, 3.05) is 13.2 Å². The van der Waals surface area contributed by atoms with Crippen LogP contribution in [0.15, 0.2) is 12.1 Å². The molecule has 0 aromatic carbocycles. The number of nitrogens with zero attached hydrogens (tertiary/aromatic N) is 1. The minimum Gasteiger partial charge on any atom is -0.399 e. The fraction of sp³-hybridized carbons (Fsp3) is 0.706. The van der Waals surface area contributed by atoms with Gasteiger partial charge in [0.25, 0.3) is 0 Å². The number of hydrogen-bond acceptors (Lipinski definition) is 4. The van der Waals surface area contributed by atoms with Crippen molar-refractivity contribution in [3.05, 3.63) is 23.5 Å². The lowest BCUT2D eigenvalue weighted by atomic mass is 9.77. The summed E-state index contributed by atoms with van der Waals surface area (Å²) in [6, 6.07) is 4.21. The summed E-state index contributed by atoms with van der Waals surface area (Å²) in [5.41, 5.74) is 2.50. The van der Waals surface area contributed by atoms with Gasteiger partial charge in [0.05, 0.1) is 17.8 Å². The Morgan fingerprint density at radius 1 is 1.14 bits per heavy atom. The number of hydrogen-bond donors (Lipinski definition) is 0. The molecule has 2 fully saturated rings. The van der Waals surface area contributed by atoms with E-state index < -0.39 is 0 Å². The van der Waals surface area contributed by atoms with E-state index in [-0.39, 0.29) is 18.3 Å². The second-order valence-electron chi connectivity index (χ2n) is 7.41. The van der Waals surface area contributed by atoms with Gasteiger partial charge in [-0.05, 0) is 53.5 Å². The predicted molar refractivity (Wildman–Crippen MR) is 87.5 cm³/mol. The molecule has 0 saturated carbocycles. The molecule has 5 heteroatoms. The molecule has 1 atom stereocenters. The van der Waals surface area contributed by atoms with E-state index in [4.69, 9.17) is 19.0 Å². The molecule has 4 nitrogen and oxygen atoms in total. The molecule has 0 amide bonds. The predicted octanol–water partition coefficient (Wildman–Crippen LogP) is 2.58. The first-order valence-electron chi connectivity index (χ1n) is 8.21. The molecule has 0 bridgehead atoms. The Bertz CT molecular complexity index is 537. The van der Waals surface area contributed by atoms with Crippen LogP contribution in [0.25, 0.3) is 0 Å². The summed E-state index contributed by atoms with van der Waals surface area (Å²) in [4.78, 5) is 4.80. The molecular weight excluding hydrogens is 277 g/mol. The molecule has 3 heterocycles. The van der Waals surface area contributed by atoms with Crippen LogP contribution in [0, 0.1) is 6.92 Å². The van der Waals surface area contributed by atoms with E-state index in [2.05, 4.69) is 39.8 Å². The minimum absolute atomic E-state index is 0.319. The van der Waals surface area contributed by atoms with Gasteiger partial charge in [-0.3, -0.25) is 4.98 Å². The van der Waals surface area contributed by atoms with Gasteiger partial charge in [0.2, 0.25) is 0 Å². The van der Waals surface area contributed by atoms with Crippen molar-refractivity contribution >= 4 is 12.6 Å². The zero-order valence-corrected chi connectivity index (χ0v) is 14.3. The zero-order valence-electron chi connectivity index (χ0n) is 14.3. The highest BCUT2D eigenvalue weighted by Gasteiger charge is 2.52. The van der Waals surface area contributed by atoms with E-state index >= 15 is 0 Å². The van der Waals surface area contributed by atoms with Crippen LogP contribution in [0.4, 0.5) is 0 Å². The molecule has 22 heavy (non-hydrogen) atoms. The fourth-order valence-electron chi connectivity index (χ4n) is 3.01. The first kappa shape index (κ1) is 16.0. The summed E-state index contributed by atoms with van der Waals surface area (Å²) < 4.78 is 17.8. The third-order valence-electron chi connectivity index (χ3n) is 5.23. The summed E-state index contributed by atoms with van der Waals surface area (Å²) in [5.74, 6) is 0.416. The van der Waals surface area contributed by atoms with Gasteiger partial charge in [-0.2, -0.15) is 0 Å². The molecule has 1 aromatic rings. The summed E-state index contributed by atoms with van der Waals surface area (Å²) in [7, 11) is -0.339. The van der Waals surface area contributed by atoms with Gasteiger partial charge in [-0.15, -0.1) is 0 Å². The maximum atomic E-state index is 6.13. The topological polar surface area (TPSA) is 40.6 Å². The summed E-state index contributed by atoms with van der Waals surface area (Å²) in [5, 5.41) is 0. The minimum atomic E-state index is -0.339. The molecule has 120 valence electrons. The average molecular weight is 303 g/mol. The molecule has 0 N–H and O–H groups in total. The molecule has 0 radical (unpaired) electrons. The van der Waals surface area contributed by atoms with Crippen molar-refractivity contribution in [1.29, 1.82) is 0 Å². The second kappa shape index (κ2) is 5.62. The van der Waals surface area contributed by atoms with Gasteiger partial charge in [-0.1, -0.05) is 6.07 Å². The smallest absolute Gasteiger partial charge is 0.399 e. The standard InChI is InChI=1S/C17H26BNO3/c1-12-14(18-21-16(2,3)17(4,5)22-18)8-9-15(19-12)13-7-6-10-20-11-13/h8-9,13H,6-7,10-11H2,1-5H3. The SMILES string of the molecule is Cc1nc(C2CCCOC2)ccc1B1OC(C)(C)C(C)(C)O1. The van der Waals surface area contributed by atoms with Crippen LogP contribution >= 0.6 is 0 Å². The van der Waals surface area contributed by atoms with Crippen molar-refractivity contribution in [3.63, 3.8) is 0 Å². The third kappa shape index (κ3) is 2.82. The zero-order chi connectivity index (χ0) is 16.0. The van der Waals surface area contributed by atoms with Crippen molar-refractivity contribution in [2.24, 2.45) is 0 Å². The highest BCUT2D eigenvalue weighted by Crippen LogP contribution is 2.36. The molecule has 2 aliphatic rings. The maximum absolute atomic E-state index is 6.13. The van der Waals surface area contributed by atoms with E-state index in [0.29, 0.717) is 5.92 Å². The quantitative estimate of drug-likeness (QED) is 0.787. The van der Waals surface area contributed by atoms with Crippen LogP contribution in [0.5, 0.6) is 0 Å². The van der Waals surface area contributed by atoms with E-state index in [1.807, 2.05) is 6.92 Å². The number of pyridine rings is 1. The van der Waals surface area contributed by atoms with Crippen LogP contribution in [-0.2, 0) is 14.0 Å². The molecule has 1 unspecified atom stereocenters. The second-order valence-corrected chi connectivity index (χ2v) is 7.41. The summed E-state index contributed by atoms with van der Waals surface area (Å²) in [6.45, 7) is 12.0. The Kier molecular flexibility index (Phi) is 4.08. The largest absolute Gasteiger partial charge is 0.496 e. The molecule has 0 spiro atoms. The molecular formula is C17H26BNO3. The molecule has 2 aliphatic heterocycles. The Labute approximate surface area is 133 Å². The Morgan fingerprint density at radius 3 is 2.36 bits per heavy atom. The lowest BCUT2D eigenvalue weighted by molar-refractivity contribution is 0.00578. The maximum Gasteiger partial charge on any atom is 0.496 e. The Morgan fingerprint density at radius 2 is 1.82 bits per heavy atom. The number of aryl methyl sites for hydroxylation is 1. The van der Waals surface area contributed by atoms with Crippen LogP contribution < -0.4 is 5.46 Å². The molecule has 0 aliphatic carbocycles. The van der Waals surface area contributed by atoms with Gasteiger partial charge in [0.15, 0.2) is 0 Å². The lowest BCUT2D eigenvalue weighted by Crippen LogP contribution is -2.41. The molecule has 3 rings (SSSR count). The Balaban J connectivity index is 1.81. The van der Waals surface area contributed by atoms with Gasteiger partial charge < -0.3 is 14.0 Å². The van der Waals surface area contributed by atoms with Gasteiger partial charge >= 0.3 is 7.12 Å². The number of ether oxygens (including phenoxy) is 1. The van der Waals surface area contributed by atoms with Crippen LogP contribution in [0.1, 0.15) is 57.8 Å². The summed E-state index contributed by atoms with van der Waals surface area (Å²) in [6.07, 6.45) is 2.27. The van der Waals surface area contributed by atoms with Gasteiger partial charge in [-0.25, -0.2) is 0 Å². The first-order valence-corrected chi connectivity index (χ1v) is 8.21. The van der Waals surface area contributed by atoms with Crippen LogP contribution in [-0.4, -0.2) is 36.5 Å². The van der Waals surface area contributed by atoms with Crippen LogP contribution in [0.3, 0.4) is 0 Å². The van der Waals surface area contributed by atoms with Crippen molar-refractivity contribution in [2.45, 2.75) is 64.6 Å². The number of aromatic nitrogens is 1. The lowest BCUT2D eigenvalue weighted by Gasteiger charge is -2.32. The highest BCUT2D eigenvalue weighted by atomic mass is 16.7. The van der Waals surface area contributed by atoms with E-state index in [0.717, 1.165) is 42.9 Å². The highest BCUT2D eigenvalue weighted by molar-refractivity contribution is 6.62. The third-order valence-corrected chi connectivity index (χ3v) is 5.23. The fourth-order valence-corrected chi connectivity index (χ4v) is 3.01. The van der Waals surface area contributed by atoms with Crippen molar-refractivity contribution in [3.8, 4) is 0 Å². The van der Waals surface area contributed by atoms with Crippen molar-refractivity contribution < 1.29 is 14.0 Å². The first-order chi connectivity index (χ1) is 10.3. The molecule has 2 saturated heterocycles. The normalized spacial score (nSPS) is 27.1. The monoisotopic (exact) mass is 303 g/mol. The van der Waals surface area contributed by atoms with E-state index in [1.165, 1.54) is 0 Å². The van der Waals surface area contributed by atoms with E-state index in [1.54, 1.807) is 0 Å². The van der Waals surface area contributed by atoms with Crippen molar-refractivity contribution in [1.82, 2.24) is 4.98 Å².